The van der Waals surface area contributed by atoms with E-state index in [-0.39, 0.29) is 5.92 Å². The molecule has 1 aromatic heterocycles. The molecule has 0 fully saturated rings. The molecule has 0 bridgehead atoms. The molecule has 0 aliphatic carbocycles. The molecule has 6 nitrogen and oxygen atoms in total. The molecule has 6 heteroatoms. The molecule has 0 atom stereocenters. The van der Waals surface area contributed by atoms with Crippen LogP contribution < -0.4 is 11.2 Å². The topological polar surface area (TPSA) is 81.2 Å². The highest BCUT2D eigenvalue weighted by atomic mass is 16.6. The Bertz CT molecular complexity index is 561. The monoisotopic (exact) mass is 254 g/mol. The van der Waals surface area contributed by atoms with E-state index in [2.05, 4.69) is 4.98 Å². The summed E-state index contributed by atoms with van der Waals surface area (Å²) >= 11 is 0. The summed E-state index contributed by atoms with van der Waals surface area (Å²) in [4.78, 5) is 37.0. The molecule has 0 unspecified atom stereocenters. The third-order valence-electron chi connectivity index (χ3n) is 2.18. The molecule has 0 aromatic carbocycles. The van der Waals surface area contributed by atoms with Crippen molar-refractivity contribution in [2.75, 3.05) is 0 Å². The summed E-state index contributed by atoms with van der Waals surface area (Å²) in [5.41, 5.74) is -1.61. The van der Waals surface area contributed by atoms with Crippen molar-refractivity contribution >= 4 is 6.09 Å². The first-order valence-electron chi connectivity index (χ1n) is 5.71. The maximum Gasteiger partial charge on any atom is 0.422 e. The summed E-state index contributed by atoms with van der Waals surface area (Å²) in [6, 6.07) is 0. The van der Waals surface area contributed by atoms with Crippen LogP contribution in [0.3, 0.4) is 0 Å². The summed E-state index contributed by atoms with van der Waals surface area (Å²) < 4.78 is 5.86. The van der Waals surface area contributed by atoms with Gasteiger partial charge in [-0.1, -0.05) is 13.8 Å². The van der Waals surface area contributed by atoms with E-state index in [0.717, 1.165) is 4.57 Å². The fourth-order valence-electron chi connectivity index (χ4n) is 1.34. The number of H-pyrrole nitrogens is 1. The van der Waals surface area contributed by atoms with Gasteiger partial charge in [-0.2, -0.15) is 0 Å². The normalized spacial score (nSPS) is 11.7. The molecular weight excluding hydrogens is 236 g/mol. The maximum atomic E-state index is 11.8. The van der Waals surface area contributed by atoms with Crippen LogP contribution in [-0.4, -0.2) is 21.2 Å². The van der Waals surface area contributed by atoms with E-state index in [1.165, 1.54) is 6.20 Å². The van der Waals surface area contributed by atoms with Crippen molar-refractivity contribution in [2.45, 2.75) is 46.1 Å². The highest BCUT2D eigenvalue weighted by molar-refractivity contribution is 5.70. The second-order valence-corrected chi connectivity index (χ2v) is 5.35. The first-order chi connectivity index (χ1) is 8.11. The number of ether oxygens (including phenoxy) is 1. The standard InChI is InChI=1S/C12H18N2O4/c1-7(2)8-6-14(10(16)13-9(8)15)11(17)18-12(3,4)5/h6-7H,1-5H3,(H,13,15,16). The zero-order valence-corrected chi connectivity index (χ0v) is 11.2. The molecule has 0 aliphatic heterocycles. The van der Waals surface area contributed by atoms with Crippen molar-refractivity contribution in [2.24, 2.45) is 0 Å². The molecule has 0 radical (unpaired) electrons. The van der Waals surface area contributed by atoms with E-state index < -0.39 is 22.9 Å². The zero-order valence-electron chi connectivity index (χ0n) is 11.2. The minimum atomic E-state index is -0.800. The van der Waals surface area contributed by atoms with Crippen LogP contribution in [0.2, 0.25) is 0 Å². The van der Waals surface area contributed by atoms with Gasteiger partial charge >= 0.3 is 11.8 Å². The smallest absolute Gasteiger partial charge is 0.422 e. The van der Waals surface area contributed by atoms with E-state index >= 15 is 0 Å². The van der Waals surface area contributed by atoms with Gasteiger partial charge in [0.1, 0.15) is 5.60 Å². The summed E-state index contributed by atoms with van der Waals surface area (Å²) in [6.45, 7) is 8.70. The third-order valence-corrected chi connectivity index (χ3v) is 2.18. The first kappa shape index (κ1) is 14.2. The lowest BCUT2D eigenvalue weighted by atomic mass is 10.1. The van der Waals surface area contributed by atoms with Crippen LogP contribution in [0.1, 0.15) is 46.1 Å². The minimum absolute atomic E-state index is 0.0944. The molecule has 0 aliphatic rings. The molecule has 0 saturated carbocycles. The largest absolute Gasteiger partial charge is 0.443 e. The highest BCUT2D eigenvalue weighted by Gasteiger charge is 2.20. The minimum Gasteiger partial charge on any atom is -0.443 e. The molecule has 1 rings (SSSR count). The molecule has 1 aromatic rings. The lowest BCUT2D eigenvalue weighted by Crippen LogP contribution is -2.38. The number of nitrogens with one attached hydrogen (secondary N) is 1. The molecule has 0 saturated heterocycles. The Balaban J connectivity index is 3.26. The third kappa shape index (κ3) is 3.32. The number of carbonyl (C=O) groups excluding carboxylic acids is 1. The van der Waals surface area contributed by atoms with E-state index in [1.54, 1.807) is 34.6 Å². The van der Waals surface area contributed by atoms with E-state index in [1.807, 2.05) is 0 Å². The van der Waals surface area contributed by atoms with Crippen LogP contribution in [0.25, 0.3) is 0 Å². The lowest BCUT2D eigenvalue weighted by molar-refractivity contribution is 0.0527. The van der Waals surface area contributed by atoms with Crippen LogP contribution in [0.5, 0.6) is 0 Å². The van der Waals surface area contributed by atoms with E-state index in [0.29, 0.717) is 5.56 Å². The number of rotatable bonds is 1. The number of carbonyl (C=O) groups is 1. The van der Waals surface area contributed by atoms with Gasteiger partial charge in [0.2, 0.25) is 0 Å². The summed E-state index contributed by atoms with van der Waals surface area (Å²) in [5.74, 6) is -0.0944. The van der Waals surface area contributed by atoms with Gasteiger partial charge < -0.3 is 4.74 Å². The first-order valence-corrected chi connectivity index (χ1v) is 5.71. The predicted molar refractivity (Wildman–Crippen MR) is 67.0 cm³/mol. The molecule has 0 amide bonds. The van der Waals surface area contributed by atoms with E-state index in [4.69, 9.17) is 4.74 Å². The second-order valence-electron chi connectivity index (χ2n) is 5.35. The summed E-state index contributed by atoms with van der Waals surface area (Å²) in [7, 11) is 0. The number of aromatic amines is 1. The number of nitrogens with zero attached hydrogens (tertiary/aromatic N) is 1. The number of hydrogen-bond donors (Lipinski definition) is 1. The Hall–Kier alpha value is -1.85. The quantitative estimate of drug-likeness (QED) is 0.822. The van der Waals surface area contributed by atoms with Crippen LogP contribution in [0.4, 0.5) is 4.79 Å². The predicted octanol–water partition coefficient (Wildman–Crippen LogP) is 1.44. The second kappa shape index (κ2) is 4.80. The van der Waals surface area contributed by atoms with Crippen molar-refractivity contribution < 1.29 is 9.53 Å². The van der Waals surface area contributed by atoms with Gasteiger partial charge in [0, 0.05) is 11.8 Å². The average molecular weight is 254 g/mol. The summed E-state index contributed by atoms with van der Waals surface area (Å²) in [5, 5.41) is 0. The van der Waals surface area contributed by atoms with Crippen molar-refractivity contribution in [3.63, 3.8) is 0 Å². The molecule has 1 N–H and O–H groups in total. The van der Waals surface area contributed by atoms with Gasteiger partial charge in [-0.15, -0.1) is 0 Å². The highest BCUT2D eigenvalue weighted by Crippen LogP contribution is 2.10. The van der Waals surface area contributed by atoms with Crippen LogP contribution >= 0.6 is 0 Å². The molecule has 100 valence electrons. The fraction of sp³-hybridized carbons (Fsp3) is 0.583. The van der Waals surface area contributed by atoms with Crippen molar-refractivity contribution in [1.29, 1.82) is 0 Å². The van der Waals surface area contributed by atoms with Crippen LogP contribution in [-0.2, 0) is 4.74 Å². The molecule has 18 heavy (non-hydrogen) atoms. The van der Waals surface area contributed by atoms with Gasteiger partial charge in [0.05, 0.1) is 0 Å². The maximum absolute atomic E-state index is 11.8. The van der Waals surface area contributed by atoms with Gasteiger partial charge in [-0.25, -0.2) is 14.2 Å². The number of aromatic nitrogens is 2. The fourth-order valence-corrected chi connectivity index (χ4v) is 1.34. The Morgan fingerprint density at radius 1 is 1.33 bits per heavy atom. The van der Waals surface area contributed by atoms with Gasteiger partial charge in [-0.05, 0) is 26.7 Å². The lowest BCUT2D eigenvalue weighted by Gasteiger charge is -2.19. The molecule has 0 spiro atoms. The number of hydrogen-bond acceptors (Lipinski definition) is 4. The van der Waals surface area contributed by atoms with Gasteiger partial charge in [0.25, 0.3) is 5.56 Å². The van der Waals surface area contributed by atoms with E-state index in [9.17, 15) is 14.4 Å². The Labute approximate surface area is 105 Å². The van der Waals surface area contributed by atoms with Crippen molar-refractivity contribution in [3.05, 3.63) is 32.6 Å². The zero-order chi connectivity index (χ0) is 14.1. The van der Waals surface area contributed by atoms with Crippen molar-refractivity contribution in [3.8, 4) is 0 Å². The molecule has 1 heterocycles. The molecular formula is C12H18N2O4. The summed E-state index contributed by atoms with van der Waals surface area (Å²) in [6.07, 6.45) is 0.436. The van der Waals surface area contributed by atoms with Gasteiger partial charge in [-0.3, -0.25) is 9.78 Å². The average Bonchev–Trinajstić information content (AvgIpc) is 2.13. The van der Waals surface area contributed by atoms with Crippen LogP contribution in [0, 0.1) is 0 Å². The Morgan fingerprint density at radius 2 is 1.89 bits per heavy atom. The SMILES string of the molecule is CC(C)c1cn(C(=O)OC(C)(C)C)c(=O)[nH]c1=O. The van der Waals surface area contributed by atoms with Crippen molar-refractivity contribution in [1.82, 2.24) is 9.55 Å². The Kier molecular flexibility index (Phi) is 3.79. The van der Waals surface area contributed by atoms with Crippen LogP contribution in [0.15, 0.2) is 15.8 Å². The Morgan fingerprint density at radius 3 is 2.33 bits per heavy atom. The van der Waals surface area contributed by atoms with Gasteiger partial charge in [0.15, 0.2) is 0 Å².